The molecule has 0 fully saturated rings. The van der Waals surface area contributed by atoms with E-state index in [9.17, 15) is 9.18 Å². The van der Waals surface area contributed by atoms with Crippen molar-refractivity contribution in [2.75, 3.05) is 7.11 Å². The van der Waals surface area contributed by atoms with E-state index in [4.69, 9.17) is 18.6 Å². The van der Waals surface area contributed by atoms with Gasteiger partial charge >= 0.3 is 5.91 Å². The van der Waals surface area contributed by atoms with Gasteiger partial charge in [0.25, 0.3) is 0 Å². The standard InChI is InChI=1S/C36H34FN3O5/c1-5-8-27-19-26(20-34(42-4)35(27)44-22-28-9-6-7-10-32(28)37)21-38-39-36(41)33-18-17-31(45-33)23-43-30-15-13-29(14-16-30)40-24(2)11-12-25(40)3/h5-7,9-21H,1,8,22-23H2,2-4H3,(H,39,41)/b38-21+. The molecule has 0 saturated carbocycles. The zero-order chi connectivity index (χ0) is 31.8. The number of furan rings is 1. The molecule has 0 aliphatic heterocycles. The van der Waals surface area contributed by atoms with Crippen LogP contribution in [0.5, 0.6) is 17.2 Å². The summed E-state index contributed by atoms with van der Waals surface area (Å²) in [5.41, 5.74) is 7.71. The molecule has 3 aromatic carbocycles. The van der Waals surface area contributed by atoms with Crippen LogP contribution in [0.2, 0.25) is 0 Å². The first-order valence-electron chi connectivity index (χ1n) is 14.3. The Morgan fingerprint density at radius 2 is 1.71 bits per heavy atom. The molecule has 2 heterocycles. The Morgan fingerprint density at radius 1 is 0.956 bits per heavy atom. The number of nitrogens with one attached hydrogen (secondary N) is 1. The van der Waals surface area contributed by atoms with Gasteiger partial charge in [0.2, 0.25) is 0 Å². The van der Waals surface area contributed by atoms with Crippen LogP contribution in [0.25, 0.3) is 5.69 Å². The summed E-state index contributed by atoms with van der Waals surface area (Å²) in [6, 6.07) is 25.2. The van der Waals surface area contributed by atoms with Crippen molar-refractivity contribution in [1.82, 2.24) is 9.99 Å². The van der Waals surface area contributed by atoms with Gasteiger partial charge in [-0.3, -0.25) is 4.79 Å². The fourth-order valence-electron chi connectivity index (χ4n) is 4.87. The Kier molecular flexibility index (Phi) is 9.79. The predicted octanol–water partition coefficient (Wildman–Crippen LogP) is 7.49. The molecule has 1 amide bonds. The number of carbonyl (C=O) groups is 1. The average molecular weight is 608 g/mol. The summed E-state index contributed by atoms with van der Waals surface area (Å²) in [6.45, 7) is 8.14. The monoisotopic (exact) mass is 607 g/mol. The zero-order valence-electron chi connectivity index (χ0n) is 25.4. The zero-order valence-corrected chi connectivity index (χ0v) is 25.4. The maximum Gasteiger partial charge on any atom is 0.307 e. The summed E-state index contributed by atoms with van der Waals surface area (Å²) in [4.78, 5) is 12.7. The van der Waals surface area contributed by atoms with E-state index in [0.717, 1.165) is 22.6 Å². The molecule has 1 N–H and O–H groups in total. The van der Waals surface area contributed by atoms with Gasteiger partial charge in [0.05, 0.1) is 13.3 Å². The number of hydrazone groups is 1. The lowest BCUT2D eigenvalue weighted by atomic mass is 10.1. The van der Waals surface area contributed by atoms with E-state index in [1.54, 1.807) is 42.5 Å². The molecule has 8 nitrogen and oxygen atoms in total. The third-order valence-corrected chi connectivity index (χ3v) is 7.08. The van der Waals surface area contributed by atoms with E-state index < -0.39 is 5.91 Å². The SMILES string of the molecule is C=CCc1cc(/C=N/NC(=O)c2ccc(COc3ccc(-n4c(C)ccc4C)cc3)o2)cc(OC)c1OCc1ccccc1F. The number of methoxy groups -OCH3 is 1. The van der Waals surface area contributed by atoms with Crippen molar-refractivity contribution in [2.45, 2.75) is 33.5 Å². The fraction of sp³-hybridized carbons (Fsp3) is 0.167. The van der Waals surface area contributed by atoms with Crippen LogP contribution in [-0.2, 0) is 19.6 Å². The van der Waals surface area contributed by atoms with E-state index in [-0.39, 0.29) is 24.8 Å². The van der Waals surface area contributed by atoms with Crippen LogP contribution < -0.4 is 19.6 Å². The van der Waals surface area contributed by atoms with Gasteiger partial charge < -0.3 is 23.2 Å². The van der Waals surface area contributed by atoms with Gasteiger partial charge in [-0.25, -0.2) is 9.82 Å². The maximum absolute atomic E-state index is 14.1. The number of hydrogen-bond acceptors (Lipinski definition) is 6. The first-order valence-corrected chi connectivity index (χ1v) is 14.3. The van der Waals surface area contributed by atoms with Crippen molar-refractivity contribution in [1.29, 1.82) is 0 Å². The van der Waals surface area contributed by atoms with Crippen LogP contribution in [0, 0.1) is 19.7 Å². The Labute approximate surface area is 261 Å². The average Bonchev–Trinajstić information content (AvgIpc) is 3.66. The normalized spacial score (nSPS) is 11.0. The predicted molar refractivity (Wildman–Crippen MR) is 171 cm³/mol. The van der Waals surface area contributed by atoms with Crippen LogP contribution in [0.15, 0.2) is 107 Å². The van der Waals surface area contributed by atoms with Crippen molar-refractivity contribution in [3.05, 3.63) is 143 Å². The molecular weight excluding hydrogens is 573 g/mol. The molecule has 2 aromatic heterocycles. The van der Waals surface area contributed by atoms with Crippen LogP contribution in [-0.4, -0.2) is 23.8 Å². The number of allylic oxidation sites excluding steroid dienone is 1. The lowest BCUT2D eigenvalue weighted by Crippen LogP contribution is -2.16. The number of nitrogens with zero attached hydrogens (tertiary/aromatic N) is 2. The van der Waals surface area contributed by atoms with Crippen LogP contribution >= 0.6 is 0 Å². The highest BCUT2D eigenvalue weighted by atomic mass is 19.1. The summed E-state index contributed by atoms with van der Waals surface area (Å²) in [5, 5.41) is 4.08. The van der Waals surface area contributed by atoms with E-state index in [2.05, 4.69) is 47.7 Å². The number of carbonyl (C=O) groups excluding carboxylic acids is 1. The van der Waals surface area contributed by atoms with Crippen molar-refractivity contribution in [3.8, 4) is 22.9 Å². The summed E-state index contributed by atoms with van der Waals surface area (Å²) < 4.78 is 39.3. The molecule has 5 aromatic rings. The van der Waals surface area contributed by atoms with E-state index >= 15 is 0 Å². The molecule has 0 radical (unpaired) electrons. The smallest absolute Gasteiger partial charge is 0.307 e. The highest BCUT2D eigenvalue weighted by Crippen LogP contribution is 2.34. The number of rotatable bonds is 13. The number of amides is 1. The lowest BCUT2D eigenvalue weighted by molar-refractivity contribution is 0.0923. The van der Waals surface area contributed by atoms with Crippen LogP contribution in [0.3, 0.4) is 0 Å². The third kappa shape index (κ3) is 7.51. The van der Waals surface area contributed by atoms with Crippen molar-refractivity contribution < 1.29 is 27.8 Å². The highest BCUT2D eigenvalue weighted by Gasteiger charge is 2.15. The van der Waals surface area contributed by atoms with E-state index in [1.807, 2.05) is 30.3 Å². The topological polar surface area (TPSA) is 87.2 Å². The van der Waals surface area contributed by atoms with Gasteiger partial charge in [-0.15, -0.1) is 6.58 Å². The maximum atomic E-state index is 14.1. The Hall–Kier alpha value is -5.57. The number of hydrogen-bond donors (Lipinski definition) is 1. The molecule has 45 heavy (non-hydrogen) atoms. The van der Waals surface area contributed by atoms with Gasteiger partial charge in [-0.05, 0) is 92.6 Å². The quantitative estimate of drug-likeness (QED) is 0.0852. The molecule has 9 heteroatoms. The van der Waals surface area contributed by atoms with E-state index in [1.165, 1.54) is 19.4 Å². The molecule has 0 bridgehead atoms. The largest absolute Gasteiger partial charge is 0.493 e. The second-order valence-corrected chi connectivity index (χ2v) is 10.3. The second-order valence-electron chi connectivity index (χ2n) is 10.3. The summed E-state index contributed by atoms with van der Waals surface area (Å²) in [7, 11) is 1.52. The number of aromatic nitrogens is 1. The number of benzene rings is 3. The molecule has 0 saturated heterocycles. The van der Waals surface area contributed by atoms with Crippen molar-refractivity contribution >= 4 is 12.1 Å². The molecule has 0 aliphatic rings. The van der Waals surface area contributed by atoms with Crippen LogP contribution in [0.1, 0.15) is 44.4 Å². The lowest BCUT2D eigenvalue weighted by Gasteiger charge is -2.16. The first-order chi connectivity index (χ1) is 21.9. The van der Waals surface area contributed by atoms with Gasteiger partial charge in [-0.2, -0.15) is 5.10 Å². The Morgan fingerprint density at radius 3 is 2.42 bits per heavy atom. The third-order valence-electron chi connectivity index (χ3n) is 7.08. The minimum absolute atomic E-state index is 0.0347. The Balaban J connectivity index is 1.18. The minimum Gasteiger partial charge on any atom is -0.493 e. The molecule has 230 valence electrons. The molecule has 0 aliphatic carbocycles. The van der Waals surface area contributed by atoms with Gasteiger partial charge in [0.1, 0.15) is 30.5 Å². The second kappa shape index (κ2) is 14.3. The molecule has 0 spiro atoms. The molecule has 5 rings (SSSR count). The number of aryl methyl sites for hydroxylation is 2. The number of halogens is 1. The first kappa shape index (κ1) is 30.9. The van der Waals surface area contributed by atoms with Crippen LogP contribution in [0.4, 0.5) is 4.39 Å². The summed E-state index contributed by atoms with van der Waals surface area (Å²) in [6.07, 6.45) is 3.69. The molecular formula is C36H34FN3O5. The molecule has 0 unspecified atom stereocenters. The van der Waals surface area contributed by atoms with Gasteiger partial charge in [0, 0.05) is 28.2 Å². The summed E-state index contributed by atoms with van der Waals surface area (Å²) >= 11 is 0. The summed E-state index contributed by atoms with van der Waals surface area (Å²) in [5.74, 6) is 1.34. The van der Waals surface area contributed by atoms with Crippen molar-refractivity contribution in [2.24, 2.45) is 5.10 Å². The van der Waals surface area contributed by atoms with E-state index in [0.29, 0.717) is 40.6 Å². The highest BCUT2D eigenvalue weighted by molar-refractivity contribution is 5.92. The minimum atomic E-state index is -0.512. The molecule has 0 atom stereocenters. The number of ether oxygens (including phenoxy) is 3. The van der Waals surface area contributed by atoms with Gasteiger partial charge in [0.15, 0.2) is 17.3 Å². The van der Waals surface area contributed by atoms with Gasteiger partial charge in [-0.1, -0.05) is 24.3 Å². The van der Waals surface area contributed by atoms with Crippen molar-refractivity contribution in [3.63, 3.8) is 0 Å². The fourth-order valence-corrected chi connectivity index (χ4v) is 4.87. The Bertz CT molecular complexity index is 1800.